The molecule has 1 saturated heterocycles. The quantitative estimate of drug-likeness (QED) is 0.743. The number of piperidine rings is 1. The molecule has 2 N–H and O–H groups in total. The van der Waals surface area contributed by atoms with Gasteiger partial charge in [0, 0.05) is 17.7 Å². The summed E-state index contributed by atoms with van der Waals surface area (Å²) < 4.78 is 22.2. The molecule has 0 aliphatic carbocycles. The number of hydrogen-bond acceptors (Lipinski definition) is 4. The van der Waals surface area contributed by atoms with Crippen molar-refractivity contribution in [1.82, 2.24) is 10.6 Å². The lowest BCUT2D eigenvalue weighted by atomic mass is 9.80. The van der Waals surface area contributed by atoms with Crippen molar-refractivity contribution >= 4 is 15.7 Å². The van der Waals surface area contributed by atoms with E-state index in [0.717, 1.165) is 25.9 Å². The second-order valence-electron chi connectivity index (χ2n) is 5.28. The molecule has 100 valence electrons. The number of amides is 1. The molecule has 0 aromatic heterocycles. The van der Waals surface area contributed by atoms with Crippen molar-refractivity contribution in [3.05, 3.63) is 0 Å². The first kappa shape index (κ1) is 14.4. The van der Waals surface area contributed by atoms with Crippen molar-refractivity contribution in [2.75, 3.05) is 25.1 Å². The molecule has 1 rings (SSSR count). The maximum absolute atomic E-state index is 12.1. The zero-order valence-electron chi connectivity index (χ0n) is 10.7. The van der Waals surface area contributed by atoms with E-state index in [0.29, 0.717) is 0 Å². The molecule has 17 heavy (non-hydrogen) atoms. The molecule has 0 saturated carbocycles. The Morgan fingerprint density at radius 1 is 1.41 bits per heavy atom. The maximum atomic E-state index is 12.1. The minimum atomic E-state index is -3.05. The van der Waals surface area contributed by atoms with Crippen molar-refractivity contribution in [1.29, 1.82) is 0 Å². The van der Waals surface area contributed by atoms with Gasteiger partial charge in [-0.3, -0.25) is 4.79 Å². The Kier molecular flexibility index (Phi) is 4.55. The molecule has 1 fully saturated rings. The summed E-state index contributed by atoms with van der Waals surface area (Å²) in [6.07, 6.45) is 2.77. The molecule has 0 radical (unpaired) electrons. The topological polar surface area (TPSA) is 75.3 Å². The third-order valence-corrected chi connectivity index (χ3v) is 4.29. The van der Waals surface area contributed by atoms with Crippen molar-refractivity contribution in [2.24, 2.45) is 5.41 Å². The van der Waals surface area contributed by atoms with Gasteiger partial charge in [0.15, 0.2) is 0 Å². The van der Waals surface area contributed by atoms with Gasteiger partial charge in [-0.1, -0.05) is 6.92 Å². The highest BCUT2D eigenvalue weighted by Crippen LogP contribution is 2.28. The Bertz CT molecular complexity index is 372. The molecular weight excluding hydrogens is 240 g/mol. The van der Waals surface area contributed by atoms with E-state index in [9.17, 15) is 13.2 Å². The zero-order chi connectivity index (χ0) is 13.1. The molecule has 1 unspecified atom stereocenters. The first-order valence-electron chi connectivity index (χ1n) is 5.92. The van der Waals surface area contributed by atoms with E-state index in [4.69, 9.17) is 0 Å². The van der Waals surface area contributed by atoms with Gasteiger partial charge in [0.2, 0.25) is 5.91 Å². The van der Waals surface area contributed by atoms with E-state index >= 15 is 0 Å². The van der Waals surface area contributed by atoms with Crippen LogP contribution in [-0.4, -0.2) is 45.5 Å². The summed E-state index contributed by atoms with van der Waals surface area (Å²) in [6.45, 7) is 5.34. The molecule has 6 heteroatoms. The Morgan fingerprint density at radius 3 is 2.41 bits per heavy atom. The fraction of sp³-hybridized carbons (Fsp3) is 0.909. The highest BCUT2D eigenvalue weighted by molar-refractivity contribution is 7.90. The van der Waals surface area contributed by atoms with E-state index in [1.54, 1.807) is 6.92 Å². The monoisotopic (exact) mass is 262 g/mol. The summed E-state index contributed by atoms with van der Waals surface area (Å²) in [6, 6.07) is -0.329. The van der Waals surface area contributed by atoms with E-state index in [2.05, 4.69) is 10.6 Å². The van der Waals surface area contributed by atoms with Crippen molar-refractivity contribution < 1.29 is 13.2 Å². The highest BCUT2D eigenvalue weighted by atomic mass is 32.2. The van der Waals surface area contributed by atoms with Gasteiger partial charge >= 0.3 is 0 Å². The average molecular weight is 262 g/mol. The van der Waals surface area contributed by atoms with Gasteiger partial charge in [-0.05, 0) is 32.9 Å². The molecule has 0 aromatic carbocycles. The van der Waals surface area contributed by atoms with Crippen molar-refractivity contribution in [3.63, 3.8) is 0 Å². The van der Waals surface area contributed by atoms with E-state index in [-0.39, 0.29) is 23.1 Å². The van der Waals surface area contributed by atoms with Crippen LogP contribution >= 0.6 is 0 Å². The molecular formula is C11H22N2O3S. The van der Waals surface area contributed by atoms with Crippen molar-refractivity contribution in [2.45, 2.75) is 32.7 Å². The van der Waals surface area contributed by atoms with Crippen LogP contribution in [0.15, 0.2) is 0 Å². The number of sulfone groups is 1. The van der Waals surface area contributed by atoms with Crippen LogP contribution in [0.25, 0.3) is 0 Å². The molecule has 1 atom stereocenters. The molecule has 0 bridgehead atoms. The lowest BCUT2D eigenvalue weighted by molar-refractivity contribution is -0.132. The maximum Gasteiger partial charge on any atom is 0.226 e. The molecule has 1 heterocycles. The third kappa shape index (κ3) is 4.63. The second-order valence-corrected chi connectivity index (χ2v) is 7.46. The van der Waals surface area contributed by atoms with Gasteiger partial charge in [0.1, 0.15) is 9.84 Å². The van der Waals surface area contributed by atoms with Crippen LogP contribution in [0.4, 0.5) is 0 Å². The number of rotatable bonds is 4. The predicted octanol–water partition coefficient (Wildman–Crippen LogP) is -0.0746. The smallest absolute Gasteiger partial charge is 0.226 e. The Hall–Kier alpha value is -0.620. The Morgan fingerprint density at radius 2 is 1.94 bits per heavy atom. The minimum absolute atomic E-state index is 0.00688. The molecule has 0 spiro atoms. The van der Waals surface area contributed by atoms with Crippen LogP contribution < -0.4 is 10.6 Å². The van der Waals surface area contributed by atoms with Gasteiger partial charge < -0.3 is 10.6 Å². The number of hydrogen-bond donors (Lipinski definition) is 2. The standard InChI is InChI=1S/C11H22N2O3S/c1-9(8-17(3,15)16)13-10(14)11(2)4-6-12-7-5-11/h9,12H,4-8H2,1-3H3,(H,13,14). The van der Waals surface area contributed by atoms with Crippen LogP contribution in [-0.2, 0) is 14.6 Å². The van der Waals surface area contributed by atoms with Gasteiger partial charge in [-0.25, -0.2) is 8.42 Å². The molecule has 1 aliphatic rings. The lowest BCUT2D eigenvalue weighted by Gasteiger charge is -2.33. The average Bonchev–Trinajstić information content (AvgIpc) is 2.15. The summed E-state index contributed by atoms with van der Waals surface area (Å²) in [5.41, 5.74) is -0.364. The molecule has 1 aliphatic heterocycles. The van der Waals surface area contributed by atoms with E-state index < -0.39 is 9.84 Å². The first-order chi connectivity index (χ1) is 7.73. The normalized spacial score (nSPS) is 21.8. The summed E-state index contributed by atoms with van der Waals surface area (Å²) in [7, 11) is -3.05. The fourth-order valence-corrected chi connectivity index (χ4v) is 3.09. The Labute approximate surface area is 103 Å². The third-order valence-electron chi connectivity index (χ3n) is 3.19. The van der Waals surface area contributed by atoms with E-state index in [1.165, 1.54) is 6.26 Å². The van der Waals surface area contributed by atoms with Crippen LogP contribution in [0.5, 0.6) is 0 Å². The molecule has 5 nitrogen and oxygen atoms in total. The second kappa shape index (κ2) is 5.35. The predicted molar refractivity (Wildman–Crippen MR) is 67.5 cm³/mol. The fourth-order valence-electron chi connectivity index (χ4n) is 2.10. The summed E-state index contributed by atoms with van der Waals surface area (Å²) >= 11 is 0. The Balaban J connectivity index is 2.53. The molecule has 1 amide bonds. The zero-order valence-corrected chi connectivity index (χ0v) is 11.6. The SMILES string of the molecule is CC(CS(C)(=O)=O)NC(=O)C1(C)CCNCC1. The minimum Gasteiger partial charge on any atom is -0.352 e. The lowest BCUT2D eigenvalue weighted by Crippen LogP contribution is -2.49. The van der Waals surface area contributed by atoms with Crippen LogP contribution in [0.2, 0.25) is 0 Å². The number of nitrogens with one attached hydrogen (secondary N) is 2. The van der Waals surface area contributed by atoms with Crippen LogP contribution in [0.3, 0.4) is 0 Å². The molecule has 0 aromatic rings. The van der Waals surface area contributed by atoms with Crippen LogP contribution in [0.1, 0.15) is 26.7 Å². The summed E-state index contributed by atoms with van der Waals surface area (Å²) in [5, 5.41) is 6.01. The number of carbonyl (C=O) groups is 1. The summed E-state index contributed by atoms with van der Waals surface area (Å²) in [4.78, 5) is 12.1. The summed E-state index contributed by atoms with van der Waals surface area (Å²) in [5.74, 6) is -0.0391. The van der Waals surface area contributed by atoms with Crippen LogP contribution in [0, 0.1) is 5.41 Å². The highest BCUT2D eigenvalue weighted by Gasteiger charge is 2.35. The van der Waals surface area contributed by atoms with E-state index in [1.807, 2.05) is 6.92 Å². The largest absolute Gasteiger partial charge is 0.352 e. The first-order valence-corrected chi connectivity index (χ1v) is 7.98. The van der Waals surface area contributed by atoms with Gasteiger partial charge in [0.25, 0.3) is 0 Å². The van der Waals surface area contributed by atoms with Gasteiger partial charge in [-0.15, -0.1) is 0 Å². The van der Waals surface area contributed by atoms with Gasteiger partial charge in [-0.2, -0.15) is 0 Å². The van der Waals surface area contributed by atoms with Gasteiger partial charge in [0.05, 0.1) is 5.75 Å². The van der Waals surface area contributed by atoms with Crippen molar-refractivity contribution in [3.8, 4) is 0 Å². The number of carbonyl (C=O) groups excluding carboxylic acids is 1.